The van der Waals surface area contributed by atoms with Gasteiger partial charge >= 0.3 is 13.1 Å². The molecule has 0 amide bonds. The molecule has 0 unspecified atom stereocenters. The molecule has 0 bridgehead atoms. The third kappa shape index (κ3) is 2.03. The van der Waals surface area contributed by atoms with Crippen molar-refractivity contribution >= 4 is 18.6 Å². The van der Waals surface area contributed by atoms with E-state index in [9.17, 15) is 9.82 Å². The molecule has 0 spiro atoms. The first-order valence-corrected chi connectivity index (χ1v) is 4.80. The van der Waals surface area contributed by atoms with Crippen LogP contribution in [0.25, 0.3) is 0 Å². The van der Waals surface area contributed by atoms with Gasteiger partial charge < -0.3 is 14.8 Å². The van der Waals surface area contributed by atoms with E-state index in [-0.39, 0.29) is 6.42 Å². The number of carboxylic acids is 1. The average molecular weight is 206 g/mol. The first-order chi connectivity index (χ1) is 7.18. The monoisotopic (exact) mass is 206 g/mol. The molecule has 5 heteroatoms. The van der Waals surface area contributed by atoms with Crippen LogP contribution in [-0.4, -0.2) is 23.2 Å². The molecular weight excluding hydrogens is 195 g/mol. The van der Waals surface area contributed by atoms with Crippen LogP contribution in [-0.2, 0) is 22.5 Å². The lowest BCUT2D eigenvalue weighted by atomic mass is 9.75. The van der Waals surface area contributed by atoms with Crippen LogP contribution in [0, 0.1) is 0 Å². The molecule has 0 saturated carbocycles. The second kappa shape index (κ2) is 4.04. The first-order valence-electron chi connectivity index (χ1n) is 4.80. The third-order valence-corrected chi connectivity index (χ3v) is 2.54. The largest absolute Gasteiger partial charge is 0.492 e. The van der Waals surface area contributed by atoms with Crippen molar-refractivity contribution < 1.29 is 19.6 Å². The molecule has 15 heavy (non-hydrogen) atoms. The molecule has 1 aromatic rings. The standard InChI is InChI=1S/C10H11BO4/c12-9(13)5-4-7-2-1-3-8-6-15-11(14)10(7)8/h1-3,14H,4-6H2,(H,12,13). The minimum Gasteiger partial charge on any atom is -0.481 e. The van der Waals surface area contributed by atoms with Gasteiger partial charge in [0.05, 0.1) is 6.61 Å². The van der Waals surface area contributed by atoms with Gasteiger partial charge in [-0.25, -0.2) is 0 Å². The fourth-order valence-corrected chi connectivity index (χ4v) is 1.82. The molecule has 1 aromatic carbocycles. The normalized spacial score (nSPS) is 14.1. The van der Waals surface area contributed by atoms with Crippen molar-refractivity contribution in [1.29, 1.82) is 0 Å². The number of fused-ring (bicyclic) bond motifs is 1. The van der Waals surface area contributed by atoms with E-state index in [2.05, 4.69) is 0 Å². The van der Waals surface area contributed by atoms with E-state index in [4.69, 9.17) is 9.76 Å². The van der Waals surface area contributed by atoms with Gasteiger partial charge in [0.15, 0.2) is 0 Å². The highest BCUT2D eigenvalue weighted by atomic mass is 16.5. The highest BCUT2D eigenvalue weighted by Gasteiger charge is 2.29. The Labute approximate surface area is 87.6 Å². The van der Waals surface area contributed by atoms with Crippen LogP contribution in [0.2, 0.25) is 0 Å². The lowest BCUT2D eigenvalue weighted by Gasteiger charge is -2.06. The molecule has 0 atom stereocenters. The first kappa shape index (κ1) is 10.2. The number of hydrogen-bond acceptors (Lipinski definition) is 3. The van der Waals surface area contributed by atoms with Gasteiger partial charge in [-0.1, -0.05) is 18.2 Å². The molecule has 2 N–H and O–H groups in total. The van der Waals surface area contributed by atoms with Crippen LogP contribution in [0.1, 0.15) is 17.5 Å². The van der Waals surface area contributed by atoms with Gasteiger partial charge in [0.1, 0.15) is 0 Å². The van der Waals surface area contributed by atoms with Crippen LogP contribution in [0.3, 0.4) is 0 Å². The second-order valence-electron chi connectivity index (χ2n) is 3.55. The summed E-state index contributed by atoms with van der Waals surface area (Å²) in [4.78, 5) is 10.5. The minimum atomic E-state index is -0.898. The Morgan fingerprint density at radius 1 is 1.53 bits per heavy atom. The van der Waals surface area contributed by atoms with Gasteiger partial charge in [-0.3, -0.25) is 4.79 Å². The van der Waals surface area contributed by atoms with Crippen LogP contribution >= 0.6 is 0 Å². The van der Waals surface area contributed by atoms with Crippen molar-refractivity contribution in [2.75, 3.05) is 0 Å². The van der Waals surface area contributed by atoms with Gasteiger partial charge in [0.2, 0.25) is 0 Å². The number of benzene rings is 1. The number of aryl methyl sites for hydroxylation is 1. The summed E-state index contributed by atoms with van der Waals surface area (Å²) in [5, 5.41) is 18.2. The van der Waals surface area contributed by atoms with Gasteiger partial charge in [-0.15, -0.1) is 0 Å². The van der Waals surface area contributed by atoms with E-state index >= 15 is 0 Å². The van der Waals surface area contributed by atoms with Crippen molar-refractivity contribution in [2.24, 2.45) is 0 Å². The Bertz CT molecular complexity index is 391. The van der Waals surface area contributed by atoms with Gasteiger partial charge in [-0.05, 0) is 23.0 Å². The summed E-state index contributed by atoms with van der Waals surface area (Å²) in [5.74, 6) is -0.832. The highest BCUT2D eigenvalue weighted by molar-refractivity contribution is 6.62. The Hall–Kier alpha value is -1.33. The molecule has 1 aliphatic heterocycles. The lowest BCUT2D eigenvalue weighted by molar-refractivity contribution is -0.136. The molecule has 0 radical (unpaired) electrons. The molecule has 4 nitrogen and oxygen atoms in total. The van der Waals surface area contributed by atoms with E-state index in [1.54, 1.807) is 0 Å². The quantitative estimate of drug-likeness (QED) is 0.679. The Morgan fingerprint density at radius 3 is 3.07 bits per heavy atom. The molecule has 1 aliphatic rings. The van der Waals surface area contributed by atoms with Crippen LogP contribution in [0.15, 0.2) is 18.2 Å². The topological polar surface area (TPSA) is 66.8 Å². The Morgan fingerprint density at radius 2 is 2.33 bits per heavy atom. The molecule has 78 valence electrons. The Kier molecular flexibility index (Phi) is 2.75. The van der Waals surface area contributed by atoms with Crippen molar-refractivity contribution in [3.8, 4) is 0 Å². The highest BCUT2D eigenvalue weighted by Crippen LogP contribution is 2.13. The number of carbonyl (C=O) groups is 1. The SMILES string of the molecule is O=C(O)CCc1cccc2c1B(O)OC2. The summed E-state index contributed by atoms with van der Waals surface area (Å²) >= 11 is 0. The van der Waals surface area contributed by atoms with Crippen molar-refractivity contribution in [3.63, 3.8) is 0 Å². The van der Waals surface area contributed by atoms with Gasteiger partial charge in [0, 0.05) is 6.42 Å². The average Bonchev–Trinajstić information content (AvgIpc) is 2.58. The van der Waals surface area contributed by atoms with E-state index in [0.29, 0.717) is 13.0 Å². The summed E-state index contributed by atoms with van der Waals surface area (Å²) in [7, 11) is -0.898. The molecule has 2 rings (SSSR count). The summed E-state index contributed by atoms with van der Waals surface area (Å²) < 4.78 is 5.08. The molecule has 1 heterocycles. The minimum absolute atomic E-state index is 0.0726. The fraction of sp³-hybridized carbons (Fsp3) is 0.300. The summed E-state index contributed by atoms with van der Waals surface area (Å²) in [6.07, 6.45) is 0.502. The Balaban J connectivity index is 2.24. The number of aliphatic carboxylic acids is 1. The zero-order valence-electron chi connectivity index (χ0n) is 8.14. The molecular formula is C10H11BO4. The van der Waals surface area contributed by atoms with E-state index in [0.717, 1.165) is 16.6 Å². The number of carboxylic acid groups (broad SMARTS) is 1. The van der Waals surface area contributed by atoms with Crippen molar-refractivity contribution in [3.05, 3.63) is 29.3 Å². The number of rotatable bonds is 3. The predicted molar refractivity (Wildman–Crippen MR) is 54.8 cm³/mol. The maximum absolute atomic E-state index is 10.5. The van der Waals surface area contributed by atoms with E-state index < -0.39 is 13.1 Å². The molecule has 0 saturated heterocycles. The molecule has 0 fully saturated rings. The van der Waals surface area contributed by atoms with Gasteiger partial charge in [0.25, 0.3) is 0 Å². The summed E-state index contributed by atoms with van der Waals surface area (Å²) in [6.45, 7) is 0.400. The summed E-state index contributed by atoms with van der Waals surface area (Å²) in [5.41, 5.74) is 2.56. The molecule has 0 aromatic heterocycles. The van der Waals surface area contributed by atoms with Gasteiger partial charge in [-0.2, -0.15) is 0 Å². The number of hydrogen-bond donors (Lipinski definition) is 2. The van der Waals surface area contributed by atoms with Crippen molar-refractivity contribution in [1.82, 2.24) is 0 Å². The lowest BCUT2D eigenvalue weighted by Crippen LogP contribution is -2.31. The maximum atomic E-state index is 10.5. The summed E-state index contributed by atoms with van der Waals surface area (Å²) in [6, 6.07) is 5.58. The second-order valence-corrected chi connectivity index (χ2v) is 3.55. The fourth-order valence-electron chi connectivity index (χ4n) is 1.82. The van der Waals surface area contributed by atoms with Crippen LogP contribution in [0.5, 0.6) is 0 Å². The van der Waals surface area contributed by atoms with Crippen LogP contribution in [0.4, 0.5) is 0 Å². The zero-order chi connectivity index (χ0) is 10.8. The van der Waals surface area contributed by atoms with Crippen molar-refractivity contribution in [2.45, 2.75) is 19.4 Å². The van der Waals surface area contributed by atoms with E-state index in [1.165, 1.54) is 0 Å². The third-order valence-electron chi connectivity index (χ3n) is 2.54. The van der Waals surface area contributed by atoms with Crippen LogP contribution < -0.4 is 5.46 Å². The zero-order valence-corrected chi connectivity index (χ0v) is 8.14. The maximum Gasteiger partial charge on any atom is 0.492 e. The molecule has 0 aliphatic carbocycles. The predicted octanol–water partition coefficient (Wildman–Crippen LogP) is -0.0785. The van der Waals surface area contributed by atoms with E-state index in [1.807, 2.05) is 18.2 Å². The smallest absolute Gasteiger partial charge is 0.481 e.